The average molecular weight is 288 g/mol. The zero-order valence-corrected chi connectivity index (χ0v) is 12.5. The lowest BCUT2D eigenvalue weighted by molar-refractivity contribution is -0.112. The summed E-state index contributed by atoms with van der Waals surface area (Å²) < 4.78 is 13.1. The molecular formula is C17H21FN2O. The van der Waals surface area contributed by atoms with Crippen molar-refractivity contribution in [3.05, 3.63) is 47.9 Å². The summed E-state index contributed by atoms with van der Waals surface area (Å²) in [6.45, 7) is 7.60. The first-order chi connectivity index (χ1) is 9.97. The van der Waals surface area contributed by atoms with E-state index in [9.17, 15) is 9.18 Å². The number of rotatable bonds is 7. The molecule has 0 unspecified atom stereocenters. The summed E-state index contributed by atoms with van der Waals surface area (Å²) in [6, 6.07) is 4.15. The average Bonchev–Trinajstić information content (AvgIpc) is 2.47. The summed E-state index contributed by atoms with van der Waals surface area (Å²) >= 11 is 0. The van der Waals surface area contributed by atoms with Gasteiger partial charge in [-0.15, -0.1) is 0 Å². The Kier molecular flexibility index (Phi) is 6.53. The van der Waals surface area contributed by atoms with Gasteiger partial charge in [0.05, 0.1) is 11.4 Å². The first kappa shape index (κ1) is 16.8. The molecule has 3 nitrogen and oxygen atoms in total. The number of aliphatic imine (C=N–C) groups is 1. The van der Waals surface area contributed by atoms with Crippen LogP contribution in [0.2, 0.25) is 0 Å². The van der Waals surface area contributed by atoms with Crippen molar-refractivity contribution in [3.8, 4) is 0 Å². The SMILES string of the molecule is C=C(/C=C/c1cc(F)ccc1N)N=C(CCC)C(=O)CC. The van der Waals surface area contributed by atoms with E-state index in [0.717, 1.165) is 6.42 Å². The molecule has 1 aromatic rings. The minimum Gasteiger partial charge on any atom is -0.398 e. The van der Waals surface area contributed by atoms with Gasteiger partial charge in [-0.25, -0.2) is 4.39 Å². The summed E-state index contributed by atoms with van der Waals surface area (Å²) in [5, 5.41) is 0. The lowest BCUT2D eigenvalue weighted by Crippen LogP contribution is -2.12. The molecule has 0 saturated carbocycles. The van der Waals surface area contributed by atoms with Crippen LogP contribution < -0.4 is 5.73 Å². The van der Waals surface area contributed by atoms with E-state index in [1.807, 2.05) is 6.92 Å². The Bertz CT molecular complexity index is 588. The van der Waals surface area contributed by atoms with Crippen LogP contribution >= 0.6 is 0 Å². The van der Waals surface area contributed by atoms with Crippen LogP contribution in [0.1, 0.15) is 38.7 Å². The van der Waals surface area contributed by atoms with Crippen LogP contribution in [-0.4, -0.2) is 11.5 Å². The van der Waals surface area contributed by atoms with E-state index in [4.69, 9.17) is 5.73 Å². The highest BCUT2D eigenvalue weighted by molar-refractivity contribution is 6.40. The molecule has 0 aliphatic heterocycles. The van der Waals surface area contributed by atoms with Crippen LogP contribution in [0.15, 0.2) is 41.5 Å². The Morgan fingerprint density at radius 3 is 2.76 bits per heavy atom. The molecule has 112 valence electrons. The maximum absolute atomic E-state index is 13.1. The fourth-order valence-electron chi connectivity index (χ4n) is 1.79. The fourth-order valence-corrected chi connectivity index (χ4v) is 1.79. The van der Waals surface area contributed by atoms with Gasteiger partial charge in [0, 0.05) is 17.7 Å². The van der Waals surface area contributed by atoms with Gasteiger partial charge in [-0.05, 0) is 30.7 Å². The Labute approximate surface area is 125 Å². The van der Waals surface area contributed by atoms with Gasteiger partial charge in [0.15, 0.2) is 5.78 Å². The van der Waals surface area contributed by atoms with Crippen molar-refractivity contribution in [3.63, 3.8) is 0 Å². The van der Waals surface area contributed by atoms with Gasteiger partial charge in [-0.2, -0.15) is 0 Å². The zero-order chi connectivity index (χ0) is 15.8. The van der Waals surface area contributed by atoms with Gasteiger partial charge in [0.25, 0.3) is 0 Å². The van der Waals surface area contributed by atoms with Crippen molar-refractivity contribution in [1.29, 1.82) is 0 Å². The highest BCUT2D eigenvalue weighted by atomic mass is 19.1. The third-order valence-electron chi connectivity index (χ3n) is 2.91. The molecule has 0 atom stereocenters. The van der Waals surface area contributed by atoms with Crippen molar-refractivity contribution >= 4 is 23.3 Å². The third-order valence-corrected chi connectivity index (χ3v) is 2.91. The van der Waals surface area contributed by atoms with E-state index in [1.54, 1.807) is 19.1 Å². The molecular weight excluding hydrogens is 267 g/mol. The van der Waals surface area contributed by atoms with Gasteiger partial charge >= 0.3 is 0 Å². The summed E-state index contributed by atoms with van der Waals surface area (Å²) in [5.41, 5.74) is 7.77. The second-order valence-corrected chi connectivity index (χ2v) is 4.68. The maximum Gasteiger partial charge on any atom is 0.176 e. The number of ketones is 1. The van der Waals surface area contributed by atoms with Crippen LogP contribution in [0.3, 0.4) is 0 Å². The highest BCUT2D eigenvalue weighted by Gasteiger charge is 2.07. The van der Waals surface area contributed by atoms with Crippen molar-refractivity contribution < 1.29 is 9.18 Å². The zero-order valence-electron chi connectivity index (χ0n) is 12.5. The second kappa shape index (κ2) is 8.15. The summed E-state index contributed by atoms with van der Waals surface area (Å²) in [5.74, 6) is -0.331. The molecule has 0 aliphatic rings. The number of hydrogen-bond donors (Lipinski definition) is 1. The standard InChI is InChI=1S/C17H21FN2O/c1-4-6-16(17(21)5-2)20-12(3)7-8-13-11-14(18)9-10-15(13)19/h7-11H,3-6,19H2,1-2H3/b8-7+,20-16?. The second-order valence-electron chi connectivity index (χ2n) is 4.68. The number of Topliss-reactive ketones (excluding diaryl/α,β-unsaturated/α-hetero) is 1. The molecule has 0 heterocycles. The molecule has 1 rings (SSSR count). The van der Waals surface area contributed by atoms with Crippen molar-refractivity contribution in [2.75, 3.05) is 5.73 Å². The Balaban J connectivity index is 2.90. The van der Waals surface area contributed by atoms with Crippen LogP contribution in [0.5, 0.6) is 0 Å². The van der Waals surface area contributed by atoms with Gasteiger partial charge in [0.2, 0.25) is 0 Å². The summed E-state index contributed by atoms with van der Waals surface area (Å²) in [7, 11) is 0. The Morgan fingerprint density at radius 2 is 2.14 bits per heavy atom. The van der Waals surface area contributed by atoms with Crippen molar-refractivity contribution in [1.82, 2.24) is 0 Å². The topological polar surface area (TPSA) is 55.4 Å². The van der Waals surface area contributed by atoms with E-state index in [1.165, 1.54) is 18.2 Å². The molecule has 2 N–H and O–H groups in total. The van der Waals surface area contributed by atoms with E-state index < -0.39 is 0 Å². The van der Waals surface area contributed by atoms with E-state index >= 15 is 0 Å². The molecule has 0 radical (unpaired) electrons. The lowest BCUT2D eigenvalue weighted by Gasteiger charge is -2.03. The number of benzene rings is 1. The molecule has 21 heavy (non-hydrogen) atoms. The van der Waals surface area contributed by atoms with Crippen molar-refractivity contribution in [2.45, 2.75) is 33.1 Å². The molecule has 0 aliphatic carbocycles. The summed E-state index contributed by atoms with van der Waals surface area (Å²) in [6.07, 6.45) is 5.17. The molecule has 1 aromatic carbocycles. The van der Waals surface area contributed by atoms with Crippen LogP contribution in [0.4, 0.5) is 10.1 Å². The molecule has 0 amide bonds. The minimum atomic E-state index is -0.356. The number of anilines is 1. The van der Waals surface area contributed by atoms with Crippen molar-refractivity contribution in [2.24, 2.45) is 4.99 Å². The number of nitrogens with zero attached hydrogens (tertiary/aromatic N) is 1. The van der Waals surface area contributed by atoms with Crippen LogP contribution in [0, 0.1) is 5.82 Å². The Morgan fingerprint density at radius 1 is 1.43 bits per heavy atom. The predicted octanol–water partition coefficient (Wildman–Crippen LogP) is 4.16. The minimum absolute atomic E-state index is 0.0247. The molecule has 0 aromatic heterocycles. The number of carbonyl (C=O) groups is 1. The lowest BCUT2D eigenvalue weighted by atomic mass is 10.1. The number of carbonyl (C=O) groups excluding carboxylic acids is 1. The number of allylic oxidation sites excluding steroid dienone is 1. The molecule has 4 heteroatoms. The normalized spacial score (nSPS) is 11.9. The molecule has 0 saturated heterocycles. The molecule has 0 spiro atoms. The van der Waals surface area contributed by atoms with E-state index in [2.05, 4.69) is 11.6 Å². The first-order valence-electron chi connectivity index (χ1n) is 7.00. The van der Waals surface area contributed by atoms with Crippen LogP contribution in [0.25, 0.3) is 6.08 Å². The maximum atomic E-state index is 13.1. The fraction of sp³-hybridized carbons (Fsp3) is 0.294. The van der Waals surface area contributed by atoms with Gasteiger partial charge < -0.3 is 5.73 Å². The number of nitrogens with two attached hydrogens (primary N) is 1. The predicted molar refractivity (Wildman–Crippen MR) is 86.6 cm³/mol. The molecule has 0 fully saturated rings. The number of halogens is 1. The Hall–Kier alpha value is -2.23. The third kappa shape index (κ3) is 5.34. The van der Waals surface area contributed by atoms with Gasteiger partial charge in [-0.3, -0.25) is 9.79 Å². The first-order valence-corrected chi connectivity index (χ1v) is 7.00. The number of nitrogen functional groups attached to an aromatic ring is 1. The van der Waals surface area contributed by atoms with Gasteiger partial charge in [-0.1, -0.05) is 32.9 Å². The largest absolute Gasteiger partial charge is 0.398 e. The van der Waals surface area contributed by atoms with E-state index in [0.29, 0.717) is 35.5 Å². The number of hydrogen-bond acceptors (Lipinski definition) is 3. The van der Waals surface area contributed by atoms with E-state index in [-0.39, 0.29) is 11.6 Å². The quantitative estimate of drug-likeness (QED) is 0.465. The van der Waals surface area contributed by atoms with Gasteiger partial charge in [0.1, 0.15) is 5.82 Å². The summed E-state index contributed by atoms with van der Waals surface area (Å²) in [4.78, 5) is 16.0. The smallest absolute Gasteiger partial charge is 0.176 e. The monoisotopic (exact) mass is 288 g/mol. The molecule has 0 bridgehead atoms. The highest BCUT2D eigenvalue weighted by Crippen LogP contribution is 2.16. The van der Waals surface area contributed by atoms with Crippen LogP contribution in [-0.2, 0) is 4.79 Å².